The average molecular weight is 319 g/mol. The molecule has 0 spiro atoms. The first-order chi connectivity index (χ1) is 10.6. The summed E-state index contributed by atoms with van der Waals surface area (Å²) >= 11 is 1.82. The molecule has 0 aromatic heterocycles. The molecule has 0 unspecified atom stereocenters. The molecule has 4 heteroatoms. The molecule has 0 radical (unpaired) electrons. The molecular formula is C18H25NO2S. The summed E-state index contributed by atoms with van der Waals surface area (Å²) in [5, 5.41) is 13.5. The van der Waals surface area contributed by atoms with E-state index in [9.17, 15) is 9.90 Å². The van der Waals surface area contributed by atoms with Gasteiger partial charge in [0.25, 0.3) is 5.91 Å². The lowest BCUT2D eigenvalue weighted by Crippen LogP contribution is -2.53. The standard InChI is InChI=1S/C18H25NO2S/c20-16(18(21)9-11-22-12-10-18)19-14-17(7-4-8-17)13-15-5-2-1-3-6-15/h1-3,5-6,21H,4,7-14H2,(H,19,20). The second kappa shape index (κ2) is 6.63. The first kappa shape index (κ1) is 15.9. The molecule has 1 aromatic carbocycles. The van der Waals surface area contributed by atoms with Crippen molar-refractivity contribution in [1.82, 2.24) is 5.32 Å². The van der Waals surface area contributed by atoms with Gasteiger partial charge in [-0.25, -0.2) is 0 Å². The number of thioether (sulfide) groups is 1. The molecule has 1 aromatic rings. The summed E-state index contributed by atoms with van der Waals surface area (Å²) in [4.78, 5) is 12.4. The minimum atomic E-state index is -1.14. The number of nitrogens with one attached hydrogen (secondary N) is 1. The summed E-state index contributed by atoms with van der Waals surface area (Å²) in [6.07, 6.45) is 5.74. The summed E-state index contributed by atoms with van der Waals surface area (Å²) in [5.41, 5.74) is 0.393. The fourth-order valence-corrected chi connectivity index (χ4v) is 4.66. The van der Waals surface area contributed by atoms with Gasteiger partial charge in [-0.2, -0.15) is 11.8 Å². The van der Waals surface area contributed by atoms with Crippen LogP contribution in [0.5, 0.6) is 0 Å². The number of aliphatic hydroxyl groups is 1. The fourth-order valence-electron chi connectivity index (χ4n) is 3.49. The van der Waals surface area contributed by atoms with Crippen LogP contribution >= 0.6 is 11.8 Å². The molecule has 1 saturated carbocycles. The molecule has 1 saturated heterocycles. The van der Waals surface area contributed by atoms with Gasteiger partial charge in [-0.05, 0) is 54.6 Å². The van der Waals surface area contributed by atoms with Crippen LogP contribution in [-0.4, -0.2) is 34.7 Å². The second-order valence-electron chi connectivity index (χ2n) is 6.84. The molecule has 1 heterocycles. The fraction of sp³-hybridized carbons (Fsp3) is 0.611. The van der Waals surface area contributed by atoms with Gasteiger partial charge in [0.15, 0.2) is 0 Å². The summed E-state index contributed by atoms with van der Waals surface area (Å²) in [6, 6.07) is 10.5. The van der Waals surface area contributed by atoms with Crippen molar-refractivity contribution in [2.75, 3.05) is 18.1 Å². The molecule has 2 aliphatic rings. The van der Waals surface area contributed by atoms with E-state index in [4.69, 9.17) is 0 Å². The Morgan fingerprint density at radius 3 is 2.41 bits per heavy atom. The quantitative estimate of drug-likeness (QED) is 0.877. The monoisotopic (exact) mass is 319 g/mol. The first-order valence-corrected chi connectivity index (χ1v) is 9.40. The van der Waals surface area contributed by atoms with Gasteiger partial charge in [0.05, 0.1) is 0 Å². The van der Waals surface area contributed by atoms with Crippen LogP contribution in [0.2, 0.25) is 0 Å². The van der Waals surface area contributed by atoms with Crippen LogP contribution in [0.3, 0.4) is 0 Å². The Bertz CT molecular complexity index is 507. The van der Waals surface area contributed by atoms with E-state index >= 15 is 0 Å². The van der Waals surface area contributed by atoms with Crippen molar-refractivity contribution in [2.45, 2.75) is 44.1 Å². The minimum absolute atomic E-state index is 0.160. The van der Waals surface area contributed by atoms with Crippen LogP contribution in [0.15, 0.2) is 30.3 Å². The van der Waals surface area contributed by atoms with Gasteiger partial charge in [-0.1, -0.05) is 36.8 Å². The first-order valence-electron chi connectivity index (χ1n) is 8.24. The largest absolute Gasteiger partial charge is 0.380 e. The molecule has 0 bridgehead atoms. The van der Waals surface area contributed by atoms with E-state index in [-0.39, 0.29) is 11.3 Å². The van der Waals surface area contributed by atoms with E-state index in [1.54, 1.807) is 0 Å². The Hall–Kier alpha value is -1.00. The normalized spacial score (nSPS) is 22.6. The number of amides is 1. The van der Waals surface area contributed by atoms with E-state index in [1.165, 1.54) is 12.0 Å². The highest BCUT2D eigenvalue weighted by Gasteiger charge is 2.41. The number of benzene rings is 1. The molecule has 22 heavy (non-hydrogen) atoms. The van der Waals surface area contributed by atoms with E-state index in [1.807, 2.05) is 17.8 Å². The summed E-state index contributed by atoms with van der Waals surface area (Å²) < 4.78 is 0. The maximum atomic E-state index is 12.4. The topological polar surface area (TPSA) is 49.3 Å². The molecule has 3 nitrogen and oxygen atoms in total. The predicted molar refractivity (Wildman–Crippen MR) is 90.9 cm³/mol. The van der Waals surface area contributed by atoms with E-state index < -0.39 is 5.60 Å². The van der Waals surface area contributed by atoms with Crippen LogP contribution in [0.4, 0.5) is 0 Å². The number of carbonyl (C=O) groups excluding carboxylic acids is 1. The van der Waals surface area contributed by atoms with Gasteiger partial charge in [0.2, 0.25) is 0 Å². The van der Waals surface area contributed by atoms with Crippen molar-refractivity contribution in [1.29, 1.82) is 0 Å². The van der Waals surface area contributed by atoms with Gasteiger partial charge < -0.3 is 10.4 Å². The molecule has 0 atom stereocenters. The summed E-state index contributed by atoms with van der Waals surface area (Å²) in [5.74, 6) is 1.59. The SMILES string of the molecule is O=C(NCC1(Cc2ccccc2)CCC1)C1(O)CCSCC1. The zero-order chi connectivity index (χ0) is 15.5. The van der Waals surface area contributed by atoms with Crippen molar-refractivity contribution in [2.24, 2.45) is 5.41 Å². The molecule has 1 aliphatic carbocycles. The molecule has 3 rings (SSSR count). The number of carbonyl (C=O) groups is 1. The Balaban J connectivity index is 1.58. The highest BCUT2D eigenvalue weighted by molar-refractivity contribution is 7.99. The Morgan fingerprint density at radius 2 is 1.82 bits per heavy atom. The molecule has 1 aliphatic heterocycles. The molecule has 2 fully saturated rings. The molecule has 1 amide bonds. The Kier molecular flexibility index (Phi) is 4.79. The number of hydrogen-bond acceptors (Lipinski definition) is 3. The molecule has 2 N–H and O–H groups in total. The van der Waals surface area contributed by atoms with Gasteiger partial charge in [-0.15, -0.1) is 0 Å². The number of rotatable bonds is 5. The Labute approximate surface area is 136 Å². The Morgan fingerprint density at radius 1 is 1.14 bits per heavy atom. The maximum Gasteiger partial charge on any atom is 0.252 e. The van der Waals surface area contributed by atoms with Gasteiger partial charge in [0, 0.05) is 6.54 Å². The van der Waals surface area contributed by atoms with E-state index in [2.05, 4.69) is 29.6 Å². The third-order valence-electron chi connectivity index (χ3n) is 5.20. The van der Waals surface area contributed by atoms with Crippen molar-refractivity contribution >= 4 is 17.7 Å². The van der Waals surface area contributed by atoms with Gasteiger partial charge >= 0.3 is 0 Å². The van der Waals surface area contributed by atoms with Crippen molar-refractivity contribution < 1.29 is 9.90 Å². The lowest BCUT2D eigenvalue weighted by molar-refractivity contribution is -0.141. The highest BCUT2D eigenvalue weighted by atomic mass is 32.2. The van der Waals surface area contributed by atoms with E-state index in [0.717, 1.165) is 30.8 Å². The van der Waals surface area contributed by atoms with Crippen molar-refractivity contribution in [3.05, 3.63) is 35.9 Å². The zero-order valence-corrected chi connectivity index (χ0v) is 13.8. The lowest BCUT2D eigenvalue weighted by Gasteiger charge is -2.43. The van der Waals surface area contributed by atoms with Crippen LogP contribution in [0.25, 0.3) is 0 Å². The third kappa shape index (κ3) is 3.49. The predicted octanol–water partition coefficient (Wildman–Crippen LogP) is 2.77. The van der Waals surface area contributed by atoms with Gasteiger partial charge in [0.1, 0.15) is 5.60 Å². The van der Waals surface area contributed by atoms with Crippen molar-refractivity contribution in [3.8, 4) is 0 Å². The maximum absolute atomic E-state index is 12.4. The molecular weight excluding hydrogens is 294 g/mol. The summed E-state index contributed by atoms with van der Waals surface area (Å²) in [6.45, 7) is 0.691. The average Bonchev–Trinajstić information content (AvgIpc) is 2.51. The highest BCUT2D eigenvalue weighted by Crippen LogP contribution is 2.43. The third-order valence-corrected chi connectivity index (χ3v) is 6.19. The lowest BCUT2D eigenvalue weighted by atomic mass is 9.65. The molecule has 120 valence electrons. The second-order valence-corrected chi connectivity index (χ2v) is 8.07. The van der Waals surface area contributed by atoms with Crippen LogP contribution in [0, 0.1) is 5.41 Å². The number of hydrogen-bond donors (Lipinski definition) is 2. The smallest absolute Gasteiger partial charge is 0.252 e. The van der Waals surface area contributed by atoms with E-state index in [0.29, 0.717) is 19.4 Å². The van der Waals surface area contributed by atoms with Crippen molar-refractivity contribution in [3.63, 3.8) is 0 Å². The minimum Gasteiger partial charge on any atom is -0.380 e. The summed E-state index contributed by atoms with van der Waals surface area (Å²) in [7, 11) is 0. The van der Waals surface area contributed by atoms with Crippen LogP contribution in [-0.2, 0) is 11.2 Å². The van der Waals surface area contributed by atoms with Crippen LogP contribution in [0.1, 0.15) is 37.7 Å². The van der Waals surface area contributed by atoms with Gasteiger partial charge in [-0.3, -0.25) is 4.79 Å². The van der Waals surface area contributed by atoms with Crippen LogP contribution < -0.4 is 5.32 Å². The zero-order valence-electron chi connectivity index (χ0n) is 13.0.